The number of hydrogen-bond donors (Lipinski definition) is 2. The molecular weight excluding hydrogens is 169 g/mol. The fourth-order valence-corrected chi connectivity index (χ4v) is 0.836. The number of aromatic nitrogens is 1. The topological polar surface area (TPSA) is 62.6 Å². The molecule has 13 heavy (non-hydrogen) atoms. The monoisotopic (exact) mass is 181 g/mol. The van der Waals surface area contributed by atoms with Crippen molar-refractivity contribution in [1.82, 2.24) is 4.98 Å². The summed E-state index contributed by atoms with van der Waals surface area (Å²) in [4.78, 5) is 3.90. The lowest BCUT2D eigenvalue weighted by molar-refractivity contribution is 0.305. The Bertz CT molecular complexity index is 250. The molecule has 0 spiro atoms. The molecule has 1 heterocycles. The molecule has 1 aromatic rings. The average Bonchev–Trinajstić information content (AvgIpc) is 2.15. The predicted molar refractivity (Wildman–Crippen MR) is 49.8 cm³/mol. The van der Waals surface area contributed by atoms with E-state index in [0.29, 0.717) is 17.9 Å². The van der Waals surface area contributed by atoms with Gasteiger partial charge in [0.25, 0.3) is 0 Å². The summed E-state index contributed by atoms with van der Waals surface area (Å²) < 4.78 is 5.22. The molecule has 2 N–H and O–H groups in total. The van der Waals surface area contributed by atoms with E-state index in [4.69, 9.17) is 14.8 Å². The third-order valence-corrected chi connectivity index (χ3v) is 1.51. The quantitative estimate of drug-likeness (QED) is 0.617. The first-order chi connectivity index (χ1) is 6.24. The Kier molecular flexibility index (Phi) is 3.73. The smallest absolute Gasteiger partial charge is 0.478 e. The van der Waals surface area contributed by atoms with Crippen LogP contribution in [0.3, 0.4) is 0 Å². The van der Waals surface area contributed by atoms with Gasteiger partial charge in [-0.3, -0.25) is 0 Å². The largest absolute Gasteiger partial charge is 0.490 e. The summed E-state index contributed by atoms with van der Waals surface area (Å²) in [5.74, 6) is 0.506. The predicted octanol–water partition coefficient (Wildman–Crippen LogP) is -0.450. The zero-order valence-electron chi connectivity index (χ0n) is 7.47. The Labute approximate surface area is 77.3 Å². The van der Waals surface area contributed by atoms with Gasteiger partial charge in [-0.2, -0.15) is 0 Å². The summed E-state index contributed by atoms with van der Waals surface area (Å²) >= 11 is 0. The first-order valence-electron chi connectivity index (χ1n) is 4.19. The molecule has 0 aliphatic heterocycles. The average molecular weight is 181 g/mol. The Hall–Kier alpha value is -1.07. The van der Waals surface area contributed by atoms with E-state index in [2.05, 4.69) is 4.98 Å². The molecule has 0 amide bonds. The highest BCUT2D eigenvalue weighted by Gasteiger charge is 2.10. The molecule has 0 saturated heterocycles. The van der Waals surface area contributed by atoms with Gasteiger partial charge in [0, 0.05) is 11.7 Å². The summed E-state index contributed by atoms with van der Waals surface area (Å²) in [6, 6.07) is 3.19. The maximum Gasteiger partial charge on any atom is 0.490 e. The Morgan fingerprint density at radius 2 is 2.23 bits per heavy atom. The van der Waals surface area contributed by atoms with E-state index in [1.54, 1.807) is 12.1 Å². The Morgan fingerprint density at radius 3 is 2.69 bits per heavy atom. The third kappa shape index (κ3) is 3.04. The van der Waals surface area contributed by atoms with E-state index < -0.39 is 7.12 Å². The van der Waals surface area contributed by atoms with Crippen molar-refractivity contribution in [3.05, 3.63) is 18.3 Å². The lowest BCUT2D eigenvalue weighted by Gasteiger charge is -2.03. The summed E-state index contributed by atoms with van der Waals surface area (Å²) in [7, 11) is -1.47. The van der Waals surface area contributed by atoms with Crippen molar-refractivity contribution in [2.24, 2.45) is 0 Å². The number of nitrogens with zero attached hydrogens (tertiary/aromatic N) is 1. The van der Waals surface area contributed by atoms with E-state index in [0.717, 1.165) is 6.42 Å². The fourth-order valence-electron chi connectivity index (χ4n) is 0.836. The van der Waals surface area contributed by atoms with Gasteiger partial charge in [0.15, 0.2) is 0 Å². The molecule has 1 aromatic heterocycles. The van der Waals surface area contributed by atoms with Crippen LogP contribution in [0.2, 0.25) is 0 Å². The normalized spacial score (nSPS) is 9.77. The van der Waals surface area contributed by atoms with Crippen molar-refractivity contribution in [3.63, 3.8) is 0 Å². The van der Waals surface area contributed by atoms with Crippen molar-refractivity contribution in [2.45, 2.75) is 13.3 Å². The maximum atomic E-state index is 8.77. The highest BCUT2D eigenvalue weighted by atomic mass is 16.5. The van der Waals surface area contributed by atoms with Crippen LogP contribution in [0.5, 0.6) is 5.88 Å². The van der Waals surface area contributed by atoms with Gasteiger partial charge >= 0.3 is 7.12 Å². The minimum atomic E-state index is -1.47. The summed E-state index contributed by atoms with van der Waals surface area (Å²) in [5, 5.41) is 17.5. The molecule has 0 unspecified atom stereocenters. The van der Waals surface area contributed by atoms with Crippen LogP contribution in [0, 0.1) is 0 Å². The maximum absolute atomic E-state index is 8.77. The second-order valence-electron chi connectivity index (χ2n) is 2.65. The van der Waals surface area contributed by atoms with Gasteiger partial charge in [0.1, 0.15) is 0 Å². The van der Waals surface area contributed by atoms with E-state index in [9.17, 15) is 0 Å². The van der Waals surface area contributed by atoms with E-state index in [1.807, 2.05) is 6.92 Å². The summed E-state index contributed by atoms with van der Waals surface area (Å²) in [6.45, 7) is 2.62. The SMILES string of the molecule is CCCOc1ccc(B(O)O)cn1. The minimum Gasteiger partial charge on any atom is -0.478 e. The Balaban J connectivity index is 2.59. The molecule has 0 bridgehead atoms. The van der Waals surface area contributed by atoms with Crippen LogP contribution in [-0.4, -0.2) is 28.8 Å². The van der Waals surface area contributed by atoms with Crippen LogP contribution in [0.25, 0.3) is 0 Å². The summed E-state index contributed by atoms with van der Waals surface area (Å²) in [6.07, 6.45) is 2.31. The zero-order valence-corrected chi connectivity index (χ0v) is 7.47. The molecule has 0 saturated carbocycles. The first kappa shape index (κ1) is 10.0. The van der Waals surface area contributed by atoms with Crippen LogP contribution in [-0.2, 0) is 0 Å². The van der Waals surface area contributed by atoms with Crippen LogP contribution in [0.15, 0.2) is 18.3 Å². The molecule has 4 nitrogen and oxygen atoms in total. The van der Waals surface area contributed by atoms with Crippen LogP contribution in [0.4, 0.5) is 0 Å². The number of hydrogen-bond acceptors (Lipinski definition) is 4. The van der Waals surface area contributed by atoms with Crippen LogP contribution < -0.4 is 10.2 Å². The molecular formula is C8H12BNO3. The zero-order chi connectivity index (χ0) is 9.68. The van der Waals surface area contributed by atoms with Gasteiger partial charge in [-0.15, -0.1) is 0 Å². The van der Waals surface area contributed by atoms with Gasteiger partial charge in [0.05, 0.1) is 6.61 Å². The van der Waals surface area contributed by atoms with Crippen molar-refractivity contribution in [2.75, 3.05) is 6.61 Å². The van der Waals surface area contributed by atoms with Crippen LogP contribution >= 0.6 is 0 Å². The highest BCUT2D eigenvalue weighted by molar-refractivity contribution is 6.58. The second kappa shape index (κ2) is 4.84. The van der Waals surface area contributed by atoms with Crippen molar-refractivity contribution >= 4 is 12.6 Å². The van der Waals surface area contributed by atoms with E-state index in [-0.39, 0.29) is 0 Å². The molecule has 1 rings (SSSR count). The molecule has 0 aliphatic carbocycles. The standard InChI is InChI=1S/C8H12BNO3/c1-2-5-13-8-4-3-7(6-10-8)9(11)12/h3-4,6,11-12H,2,5H2,1H3. The van der Waals surface area contributed by atoms with Crippen molar-refractivity contribution < 1.29 is 14.8 Å². The number of pyridine rings is 1. The highest BCUT2D eigenvalue weighted by Crippen LogP contribution is 2.02. The molecule has 70 valence electrons. The van der Waals surface area contributed by atoms with Gasteiger partial charge in [-0.05, 0) is 12.5 Å². The molecule has 0 aromatic carbocycles. The molecule has 0 radical (unpaired) electrons. The van der Waals surface area contributed by atoms with Crippen LogP contribution in [0.1, 0.15) is 13.3 Å². The lowest BCUT2D eigenvalue weighted by atomic mass is 9.82. The Morgan fingerprint density at radius 1 is 1.46 bits per heavy atom. The third-order valence-electron chi connectivity index (χ3n) is 1.51. The van der Waals surface area contributed by atoms with Crippen molar-refractivity contribution in [1.29, 1.82) is 0 Å². The molecule has 0 atom stereocenters. The molecule has 0 aliphatic rings. The fraction of sp³-hybridized carbons (Fsp3) is 0.375. The second-order valence-corrected chi connectivity index (χ2v) is 2.65. The van der Waals surface area contributed by atoms with Gasteiger partial charge < -0.3 is 14.8 Å². The number of rotatable bonds is 4. The van der Waals surface area contributed by atoms with Gasteiger partial charge in [0.2, 0.25) is 5.88 Å². The number of ether oxygens (including phenoxy) is 1. The minimum absolute atomic E-state index is 0.365. The summed E-state index contributed by atoms with van der Waals surface area (Å²) in [5.41, 5.74) is 0.365. The van der Waals surface area contributed by atoms with Crippen molar-refractivity contribution in [3.8, 4) is 5.88 Å². The van der Waals surface area contributed by atoms with E-state index in [1.165, 1.54) is 6.20 Å². The first-order valence-corrected chi connectivity index (χ1v) is 4.19. The van der Waals surface area contributed by atoms with E-state index >= 15 is 0 Å². The lowest BCUT2D eigenvalue weighted by Crippen LogP contribution is -2.29. The molecule has 5 heteroatoms. The van der Waals surface area contributed by atoms with Gasteiger partial charge in [-0.1, -0.05) is 13.0 Å². The molecule has 0 fully saturated rings. The van der Waals surface area contributed by atoms with Gasteiger partial charge in [-0.25, -0.2) is 4.98 Å².